The summed E-state index contributed by atoms with van der Waals surface area (Å²) in [6.07, 6.45) is 2.00. The first-order chi connectivity index (χ1) is 18.7. The lowest BCUT2D eigenvalue weighted by Crippen LogP contribution is -2.55. The Hall–Kier alpha value is -3.60. The van der Waals surface area contributed by atoms with Gasteiger partial charge < -0.3 is 20.8 Å². The van der Waals surface area contributed by atoms with Crippen molar-refractivity contribution in [3.05, 3.63) is 90.5 Å². The van der Waals surface area contributed by atoms with Crippen molar-refractivity contribution in [1.82, 2.24) is 16.0 Å². The topological polar surface area (TPSA) is 117 Å². The molecule has 1 aliphatic rings. The smallest absolute Gasteiger partial charge is 0.295 e. The Balaban J connectivity index is 0.00000441. The standard InChI is InChI=1S/C29H34N4O5S.ClH/c1-29(2,28(35)31-21-22-17-19-30-20-18-22)32-27(34)23-13-15-26(16-14-23)39(36,37)33(24-9-5-3-6-10-24)38-25-11-7-4-8-12-25;/h3-16,22,30H,17-21H2,1-2H3,(H,31,35)(H,32,34);1H. The fourth-order valence-electron chi connectivity index (χ4n) is 4.20. The molecule has 0 atom stereocenters. The molecule has 1 fully saturated rings. The van der Waals surface area contributed by atoms with Gasteiger partial charge in [-0.05, 0) is 94.2 Å². The van der Waals surface area contributed by atoms with Gasteiger partial charge in [-0.2, -0.15) is 8.42 Å². The maximum atomic E-state index is 13.6. The fraction of sp³-hybridized carbons (Fsp3) is 0.310. The third-order valence-corrected chi connectivity index (χ3v) is 8.12. The lowest BCUT2D eigenvalue weighted by atomic mass is 9.97. The lowest BCUT2D eigenvalue weighted by Gasteiger charge is -2.28. The Morgan fingerprint density at radius 2 is 1.50 bits per heavy atom. The number of para-hydroxylation sites is 2. The molecular weight excluding hydrogens is 552 g/mol. The van der Waals surface area contributed by atoms with Gasteiger partial charge in [0.05, 0.1) is 10.6 Å². The van der Waals surface area contributed by atoms with E-state index in [-0.39, 0.29) is 28.8 Å². The first-order valence-electron chi connectivity index (χ1n) is 12.9. The SMILES string of the molecule is CC(C)(NC(=O)c1ccc(S(=O)(=O)N(Oc2ccccc2)c2ccccc2)cc1)C(=O)NCC1CCNCC1.Cl. The van der Waals surface area contributed by atoms with Gasteiger partial charge in [-0.3, -0.25) is 9.59 Å². The number of hydrogen-bond donors (Lipinski definition) is 3. The highest BCUT2D eigenvalue weighted by Gasteiger charge is 2.31. The van der Waals surface area contributed by atoms with Gasteiger partial charge in [0.2, 0.25) is 5.91 Å². The van der Waals surface area contributed by atoms with Gasteiger partial charge in [-0.25, -0.2) is 0 Å². The maximum Gasteiger partial charge on any atom is 0.295 e. The van der Waals surface area contributed by atoms with Crippen LogP contribution in [0.4, 0.5) is 5.69 Å². The van der Waals surface area contributed by atoms with E-state index in [1.807, 2.05) is 0 Å². The van der Waals surface area contributed by atoms with Gasteiger partial charge in [0.15, 0.2) is 5.75 Å². The van der Waals surface area contributed by atoms with E-state index < -0.39 is 21.5 Å². The van der Waals surface area contributed by atoms with E-state index in [1.54, 1.807) is 74.5 Å². The highest BCUT2D eigenvalue weighted by atomic mass is 35.5. The molecule has 214 valence electrons. The van der Waals surface area contributed by atoms with Crippen LogP contribution in [-0.4, -0.2) is 45.4 Å². The minimum absolute atomic E-state index is 0. The molecule has 2 amide bonds. The number of rotatable bonds is 10. The van der Waals surface area contributed by atoms with Crippen LogP contribution in [-0.2, 0) is 14.8 Å². The molecule has 0 aliphatic carbocycles. The Labute approximate surface area is 241 Å². The van der Waals surface area contributed by atoms with Crippen LogP contribution >= 0.6 is 12.4 Å². The fourth-order valence-corrected chi connectivity index (χ4v) is 5.45. The maximum absolute atomic E-state index is 13.6. The summed E-state index contributed by atoms with van der Waals surface area (Å²) in [4.78, 5) is 31.4. The van der Waals surface area contributed by atoms with Crippen LogP contribution in [0, 0.1) is 5.92 Å². The highest BCUT2D eigenvalue weighted by molar-refractivity contribution is 7.92. The van der Waals surface area contributed by atoms with Crippen molar-refractivity contribution in [2.45, 2.75) is 37.1 Å². The minimum atomic E-state index is -4.15. The molecule has 0 bridgehead atoms. The molecule has 3 aromatic rings. The van der Waals surface area contributed by atoms with Crippen molar-refractivity contribution in [2.24, 2.45) is 5.92 Å². The van der Waals surface area contributed by atoms with Crippen molar-refractivity contribution >= 4 is 39.9 Å². The van der Waals surface area contributed by atoms with Crippen molar-refractivity contribution in [1.29, 1.82) is 0 Å². The minimum Gasteiger partial charge on any atom is -0.364 e. The Kier molecular flexibility index (Phi) is 10.6. The molecule has 11 heteroatoms. The zero-order valence-electron chi connectivity index (χ0n) is 22.5. The first kappa shape index (κ1) is 30.9. The van der Waals surface area contributed by atoms with E-state index in [0.717, 1.165) is 30.4 Å². The Morgan fingerprint density at radius 3 is 2.10 bits per heavy atom. The Morgan fingerprint density at radius 1 is 0.925 bits per heavy atom. The van der Waals surface area contributed by atoms with Crippen molar-refractivity contribution in [3.63, 3.8) is 0 Å². The van der Waals surface area contributed by atoms with Gasteiger partial charge in [0.25, 0.3) is 15.9 Å². The number of piperidine rings is 1. The van der Waals surface area contributed by atoms with Crippen LogP contribution in [0.25, 0.3) is 0 Å². The van der Waals surface area contributed by atoms with Gasteiger partial charge in [-0.1, -0.05) is 40.9 Å². The predicted molar refractivity (Wildman–Crippen MR) is 157 cm³/mol. The third kappa shape index (κ3) is 7.74. The number of carbonyl (C=O) groups excluding carboxylic acids is 2. The van der Waals surface area contributed by atoms with E-state index in [0.29, 0.717) is 23.9 Å². The molecule has 0 saturated carbocycles. The number of nitrogens with one attached hydrogen (secondary N) is 3. The average Bonchev–Trinajstić information content (AvgIpc) is 2.96. The summed E-state index contributed by atoms with van der Waals surface area (Å²) in [5.41, 5.74) is -0.605. The Bertz CT molecular complexity index is 1360. The van der Waals surface area contributed by atoms with Gasteiger partial charge >= 0.3 is 0 Å². The molecule has 0 aromatic heterocycles. The van der Waals surface area contributed by atoms with Crippen LogP contribution in [0.2, 0.25) is 0 Å². The first-order valence-corrected chi connectivity index (χ1v) is 14.4. The molecule has 3 aromatic carbocycles. The number of halogens is 1. The zero-order chi connectivity index (χ0) is 27.9. The third-order valence-electron chi connectivity index (χ3n) is 6.53. The van der Waals surface area contributed by atoms with E-state index in [1.165, 1.54) is 24.3 Å². The number of benzene rings is 3. The van der Waals surface area contributed by atoms with Crippen LogP contribution < -0.4 is 25.3 Å². The summed E-state index contributed by atoms with van der Waals surface area (Å²) in [6.45, 7) is 5.72. The summed E-state index contributed by atoms with van der Waals surface area (Å²) in [5, 5.41) is 9.00. The summed E-state index contributed by atoms with van der Waals surface area (Å²) in [7, 11) is -4.15. The van der Waals surface area contributed by atoms with Crippen molar-refractivity contribution in [2.75, 3.05) is 24.1 Å². The summed E-state index contributed by atoms with van der Waals surface area (Å²) >= 11 is 0. The van der Waals surface area contributed by atoms with Gasteiger partial charge in [0, 0.05) is 12.1 Å². The summed E-state index contributed by atoms with van der Waals surface area (Å²) in [6, 6.07) is 22.6. The molecule has 4 rings (SSSR count). The second kappa shape index (κ2) is 13.6. The number of carbonyl (C=O) groups is 2. The molecule has 0 unspecified atom stereocenters. The predicted octanol–water partition coefficient (Wildman–Crippen LogP) is 3.92. The van der Waals surface area contributed by atoms with Crippen LogP contribution in [0.1, 0.15) is 37.0 Å². The van der Waals surface area contributed by atoms with Crippen LogP contribution in [0.15, 0.2) is 89.8 Å². The molecule has 3 N–H and O–H groups in total. The lowest BCUT2D eigenvalue weighted by molar-refractivity contribution is -0.126. The average molecular weight is 587 g/mol. The van der Waals surface area contributed by atoms with Gasteiger partial charge in [0.1, 0.15) is 5.54 Å². The van der Waals surface area contributed by atoms with Crippen molar-refractivity contribution < 1.29 is 22.8 Å². The van der Waals surface area contributed by atoms with Gasteiger partial charge in [-0.15, -0.1) is 12.4 Å². The zero-order valence-corrected chi connectivity index (χ0v) is 24.1. The second-order valence-corrected chi connectivity index (χ2v) is 11.7. The van der Waals surface area contributed by atoms with Crippen LogP contribution in [0.5, 0.6) is 5.75 Å². The second-order valence-electron chi connectivity index (χ2n) is 9.98. The van der Waals surface area contributed by atoms with Crippen LogP contribution in [0.3, 0.4) is 0 Å². The molecule has 0 spiro atoms. The molecule has 1 saturated heterocycles. The van der Waals surface area contributed by atoms with E-state index in [4.69, 9.17) is 4.84 Å². The molecule has 0 radical (unpaired) electrons. The molecule has 1 heterocycles. The molecule has 1 aliphatic heterocycles. The van der Waals surface area contributed by atoms with E-state index in [9.17, 15) is 18.0 Å². The monoisotopic (exact) mass is 586 g/mol. The number of sulfonamides is 1. The summed E-state index contributed by atoms with van der Waals surface area (Å²) < 4.78 is 28.0. The number of nitrogens with zero attached hydrogens (tertiary/aromatic N) is 1. The highest BCUT2D eigenvalue weighted by Crippen LogP contribution is 2.26. The number of hydrogen-bond acceptors (Lipinski definition) is 6. The van der Waals surface area contributed by atoms with Crippen molar-refractivity contribution in [3.8, 4) is 5.75 Å². The summed E-state index contributed by atoms with van der Waals surface area (Å²) in [5.74, 6) is 0.00524. The number of amides is 2. The molecular formula is C29H35ClN4O5S. The molecule has 40 heavy (non-hydrogen) atoms. The normalized spacial score (nSPS) is 13.9. The largest absolute Gasteiger partial charge is 0.364 e. The number of anilines is 1. The van der Waals surface area contributed by atoms with E-state index >= 15 is 0 Å². The molecule has 9 nitrogen and oxygen atoms in total. The quantitative estimate of drug-likeness (QED) is 0.310. The van der Waals surface area contributed by atoms with E-state index in [2.05, 4.69) is 16.0 Å².